The van der Waals surface area contributed by atoms with Gasteiger partial charge < -0.3 is 24.1 Å². The SMILES string of the molecule is CC1(C)O[C@H]2O[C@@H]3[C@@H](OC(=O)c4ccccc4)CC=CC[C@]3(O)[C@H]2O1. The Balaban J connectivity index is 1.56. The van der Waals surface area contributed by atoms with Crippen LogP contribution in [0.1, 0.15) is 37.0 Å². The highest BCUT2D eigenvalue weighted by molar-refractivity contribution is 5.89. The van der Waals surface area contributed by atoms with Gasteiger partial charge in [-0.1, -0.05) is 30.4 Å². The zero-order valence-electron chi connectivity index (χ0n) is 14.3. The average molecular weight is 346 g/mol. The third kappa shape index (κ3) is 2.89. The third-order valence-electron chi connectivity index (χ3n) is 4.91. The van der Waals surface area contributed by atoms with Crippen LogP contribution in [0.2, 0.25) is 0 Å². The first kappa shape index (κ1) is 16.7. The second-order valence-electron chi connectivity index (χ2n) is 7.19. The Labute approximate surface area is 146 Å². The summed E-state index contributed by atoms with van der Waals surface area (Å²) in [5, 5.41) is 11.3. The summed E-state index contributed by atoms with van der Waals surface area (Å²) in [5.74, 6) is -1.26. The van der Waals surface area contributed by atoms with Crippen molar-refractivity contribution in [2.24, 2.45) is 0 Å². The number of fused-ring (bicyclic) bond motifs is 3. The van der Waals surface area contributed by atoms with Crippen molar-refractivity contribution in [1.82, 2.24) is 0 Å². The van der Waals surface area contributed by atoms with Crippen LogP contribution in [0, 0.1) is 0 Å². The monoisotopic (exact) mass is 346 g/mol. The van der Waals surface area contributed by atoms with E-state index in [1.165, 1.54) is 0 Å². The number of esters is 1. The van der Waals surface area contributed by atoms with Crippen molar-refractivity contribution in [2.75, 3.05) is 0 Å². The summed E-state index contributed by atoms with van der Waals surface area (Å²) in [4.78, 5) is 12.4. The first-order valence-electron chi connectivity index (χ1n) is 8.53. The predicted molar refractivity (Wildman–Crippen MR) is 87.7 cm³/mol. The van der Waals surface area contributed by atoms with Gasteiger partial charge in [-0.2, -0.15) is 0 Å². The number of ether oxygens (including phenoxy) is 4. The van der Waals surface area contributed by atoms with Gasteiger partial charge in [-0.3, -0.25) is 0 Å². The minimum Gasteiger partial charge on any atom is -0.456 e. The number of hydrogen-bond acceptors (Lipinski definition) is 6. The molecule has 0 amide bonds. The zero-order chi connectivity index (χ0) is 17.7. The van der Waals surface area contributed by atoms with Crippen LogP contribution < -0.4 is 0 Å². The van der Waals surface area contributed by atoms with E-state index in [4.69, 9.17) is 18.9 Å². The lowest BCUT2D eigenvalue weighted by Crippen LogP contribution is -2.53. The summed E-state index contributed by atoms with van der Waals surface area (Å²) in [7, 11) is 0. The maximum absolute atomic E-state index is 12.4. The number of rotatable bonds is 2. The van der Waals surface area contributed by atoms with E-state index in [0.717, 1.165) is 0 Å². The molecule has 2 fully saturated rings. The van der Waals surface area contributed by atoms with E-state index >= 15 is 0 Å². The van der Waals surface area contributed by atoms with Crippen molar-refractivity contribution >= 4 is 5.97 Å². The first-order chi connectivity index (χ1) is 11.9. The van der Waals surface area contributed by atoms with E-state index in [-0.39, 0.29) is 0 Å². The largest absolute Gasteiger partial charge is 0.456 e. The first-order valence-corrected chi connectivity index (χ1v) is 8.53. The van der Waals surface area contributed by atoms with Crippen molar-refractivity contribution in [1.29, 1.82) is 0 Å². The fourth-order valence-electron chi connectivity index (χ4n) is 3.75. The number of aliphatic hydroxyl groups is 1. The molecule has 4 rings (SSSR count). The molecule has 0 aromatic heterocycles. The average Bonchev–Trinajstić information content (AvgIpc) is 2.96. The highest BCUT2D eigenvalue weighted by Gasteiger charge is 2.65. The molecule has 0 unspecified atom stereocenters. The quantitative estimate of drug-likeness (QED) is 0.653. The highest BCUT2D eigenvalue weighted by atomic mass is 16.8. The maximum Gasteiger partial charge on any atom is 0.338 e. The molecule has 6 heteroatoms. The Kier molecular flexibility index (Phi) is 3.96. The minimum atomic E-state index is -1.30. The Morgan fingerprint density at radius 3 is 2.68 bits per heavy atom. The molecule has 2 aliphatic heterocycles. The number of hydrogen-bond donors (Lipinski definition) is 1. The van der Waals surface area contributed by atoms with Crippen LogP contribution in [0.25, 0.3) is 0 Å². The van der Waals surface area contributed by atoms with Gasteiger partial charge in [0.1, 0.15) is 23.9 Å². The van der Waals surface area contributed by atoms with Crippen molar-refractivity contribution in [3.05, 3.63) is 48.0 Å². The lowest BCUT2D eigenvalue weighted by molar-refractivity contribution is -0.240. The molecule has 134 valence electrons. The molecule has 0 spiro atoms. The Morgan fingerprint density at radius 1 is 1.16 bits per heavy atom. The van der Waals surface area contributed by atoms with Gasteiger partial charge in [0.15, 0.2) is 12.1 Å². The molecule has 1 N–H and O–H groups in total. The molecule has 0 saturated carbocycles. The normalized spacial score (nSPS) is 38.7. The number of benzene rings is 1. The van der Waals surface area contributed by atoms with E-state index in [1.54, 1.807) is 38.1 Å². The molecule has 1 aromatic rings. The summed E-state index contributed by atoms with van der Waals surface area (Å²) >= 11 is 0. The van der Waals surface area contributed by atoms with E-state index in [0.29, 0.717) is 18.4 Å². The molecule has 2 saturated heterocycles. The summed E-state index contributed by atoms with van der Waals surface area (Å²) in [5.41, 5.74) is -0.835. The fraction of sp³-hybridized carbons (Fsp3) is 0.526. The van der Waals surface area contributed by atoms with Gasteiger partial charge >= 0.3 is 5.97 Å². The molecule has 25 heavy (non-hydrogen) atoms. The predicted octanol–water partition coefficient (Wildman–Crippen LogP) is 2.17. The molecule has 0 bridgehead atoms. The van der Waals surface area contributed by atoms with Gasteiger partial charge in [0, 0.05) is 6.42 Å². The highest BCUT2D eigenvalue weighted by Crippen LogP contribution is 2.47. The van der Waals surface area contributed by atoms with Crippen molar-refractivity contribution in [3.8, 4) is 0 Å². The maximum atomic E-state index is 12.4. The summed E-state index contributed by atoms with van der Waals surface area (Å²) in [6, 6.07) is 8.78. The van der Waals surface area contributed by atoms with Crippen LogP contribution in [0.15, 0.2) is 42.5 Å². The van der Waals surface area contributed by atoms with Crippen molar-refractivity contribution in [3.63, 3.8) is 0 Å². The van der Waals surface area contributed by atoms with Gasteiger partial charge in [0.05, 0.1) is 5.56 Å². The van der Waals surface area contributed by atoms with Crippen molar-refractivity contribution in [2.45, 2.75) is 62.7 Å². The third-order valence-corrected chi connectivity index (χ3v) is 4.91. The Bertz CT molecular complexity index is 684. The van der Waals surface area contributed by atoms with E-state index < -0.39 is 42.0 Å². The Hall–Kier alpha value is -1.73. The summed E-state index contributed by atoms with van der Waals surface area (Å²) in [6.07, 6.45) is 2.00. The number of carbonyl (C=O) groups excluding carboxylic acids is 1. The van der Waals surface area contributed by atoms with Crippen LogP contribution in [-0.2, 0) is 18.9 Å². The standard InChI is InChI=1S/C19H22O6/c1-18(2)24-15-17(25-18)23-14-13(10-6-7-11-19(14,15)21)22-16(20)12-8-4-3-5-9-12/h3-9,13-15,17,21H,10-11H2,1-2H3/t13-,14+,15-,17+,19+/m0/s1. The molecular formula is C19H22O6. The van der Waals surface area contributed by atoms with Crippen LogP contribution in [0.4, 0.5) is 0 Å². The Morgan fingerprint density at radius 2 is 1.92 bits per heavy atom. The smallest absolute Gasteiger partial charge is 0.338 e. The molecule has 5 atom stereocenters. The fourth-order valence-corrected chi connectivity index (χ4v) is 3.75. The molecule has 2 heterocycles. The summed E-state index contributed by atoms with van der Waals surface area (Å²) in [6.45, 7) is 3.57. The van der Waals surface area contributed by atoms with Crippen LogP contribution in [0.3, 0.4) is 0 Å². The molecule has 1 aliphatic carbocycles. The lowest BCUT2D eigenvalue weighted by atomic mass is 9.87. The van der Waals surface area contributed by atoms with Gasteiger partial charge in [0.25, 0.3) is 0 Å². The topological polar surface area (TPSA) is 74.2 Å². The molecule has 3 aliphatic rings. The van der Waals surface area contributed by atoms with Crippen LogP contribution in [0.5, 0.6) is 0 Å². The zero-order valence-corrected chi connectivity index (χ0v) is 14.3. The minimum absolute atomic E-state index is 0.359. The van der Waals surface area contributed by atoms with Crippen LogP contribution in [-0.4, -0.2) is 47.1 Å². The van der Waals surface area contributed by atoms with E-state index in [2.05, 4.69) is 0 Å². The molecule has 0 radical (unpaired) electrons. The van der Waals surface area contributed by atoms with Gasteiger partial charge in [0.2, 0.25) is 0 Å². The van der Waals surface area contributed by atoms with Gasteiger partial charge in [-0.05, 0) is 32.4 Å². The molecule has 1 aromatic carbocycles. The second-order valence-corrected chi connectivity index (χ2v) is 7.19. The van der Waals surface area contributed by atoms with Gasteiger partial charge in [-0.15, -0.1) is 0 Å². The lowest BCUT2D eigenvalue weighted by Gasteiger charge is -2.35. The van der Waals surface area contributed by atoms with Crippen LogP contribution >= 0.6 is 0 Å². The van der Waals surface area contributed by atoms with E-state index in [1.807, 2.05) is 18.2 Å². The van der Waals surface area contributed by atoms with Crippen molar-refractivity contribution < 1.29 is 28.8 Å². The van der Waals surface area contributed by atoms with E-state index in [9.17, 15) is 9.90 Å². The molecule has 6 nitrogen and oxygen atoms in total. The second kappa shape index (κ2) is 5.92. The summed E-state index contributed by atoms with van der Waals surface area (Å²) < 4.78 is 23.2. The van der Waals surface area contributed by atoms with Gasteiger partial charge in [-0.25, -0.2) is 4.79 Å². The number of carbonyl (C=O) groups is 1. The molecular weight excluding hydrogens is 324 g/mol.